The fourth-order valence-corrected chi connectivity index (χ4v) is 6.01. The van der Waals surface area contributed by atoms with Gasteiger partial charge in [0.15, 0.2) is 28.8 Å². The maximum Gasteiger partial charge on any atom is 0.435 e. The first-order chi connectivity index (χ1) is 23.3. The SMILES string of the molecule is CS(=O)(=O)Nc1cc2c(cc1Oc1ccc(F)cc1F)C(=O)CC2.Cc1ccc(-c2cc(C(F)(F)F)nn2-c2ccc(S(N)(=O)=O)cc2)cc1. The van der Waals surface area contributed by atoms with Crippen LogP contribution in [0.3, 0.4) is 0 Å². The number of Topliss-reactive ketones (excluding diaryl/α,β-unsaturated/α-hetero) is 1. The molecule has 1 heterocycles. The minimum absolute atomic E-state index is 0.0278. The number of anilines is 1. The van der Waals surface area contributed by atoms with Crippen LogP contribution in [-0.2, 0) is 32.6 Å². The van der Waals surface area contributed by atoms with E-state index in [0.29, 0.717) is 35.6 Å². The molecule has 0 saturated heterocycles. The number of ether oxygens (including phenoxy) is 1. The van der Waals surface area contributed by atoms with E-state index in [-0.39, 0.29) is 39.2 Å². The molecule has 1 aromatic heterocycles. The molecule has 0 spiro atoms. The molecule has 0 amide bonds. The minimum atomic E-state index is -4.61. The van der Waals surface area contributed by atoms with Gasteiger partial charge >= 0.3 is 6.18 Å². The van der Waals surface area contributed by atoms with Crippen molar-refractivity contribution in [3.63, 3.8) is 0 Å². The van der Waals surface area contributed by atoms with Crippen molar-refractivity contribution in [2.75, 3.05) is 11.0 Å². The first-order valence-electron chi connectivity index (χ1n) is 14.5. The molecule has 3 N–H and O–H groups in total. The third kappa shape index (κ3) is 8.53. The van der Waals surface area contributed by atoms with Gasteiger partial charge in [-0.2, -0.15) is 18.3 Å². The number of primary sulfonamides is 1. The zero-order valence-electron chi connectivity index (χ0n) is 26.1. The minimum Gasteiger partial charge on any atom is -0.452 e. The number of carbonyl (C=O) groups is 1. The molecule has 0 fully saturated rings. The topological polar surface area (TPSA) is 150 Å². The first-order valence-corrected chi connectivity index (χ1v) is 17.9. The van der Waals surface area contributed by atoms with Crippen LogP contribution in [0.2, 0.25) is 0 Å². The van der Waals surface area contributed by atoms with Crippen molar-refractivity contribution in [1.82, 2.24) is 9.78 Å². The normalized spacial score (nSPS) is 13.0. The van der Waals surface area contributed by atoms with E-state index >= 15 is 0 Å². The van der Waals surface area contributed by atoms with Crippen LogP contribution in [-0.4, -0.2) is 38.7 Å². The molecular formula is C33H27F5N4O6S2. The standard InChI is InChI=1S/C17H14F3N3O2S.C16H13F2NO4S/c1-11-2-4-12(5-3-11)15-10-16(17(18,19)20)22-23(15)13-6-8-14(9-7-13)26(21,24)25;1-24(21,22)19-13-6-9-2-4-14(20)11(9)8-16(13)23-15-5-3-10(17)7-12(15)18/h2-10H,1H3,(H2,21,24,25);3,5-8,19H,2,4H2,1H3. The van der Waals surface area contributed by atoms with Crippen molar-refractivity contribution in [2.24, 2.45) is 5.14 Å². The predicted octanol–water partition coefficient (Wildman–Crippen LogP) is 6.77. The molecule has 1 aliphatic carbocycles. The van der Waals surface area contributed by atoms with Crippen molar-refractivity contribution in [1.29, 1.82) is 0 Å². The monoisotopic (exact) mass is 734 g/mol. The Hall–Kier alpha value is -5.13. The lowest BCUT2D eigenvalue weighted by Crippen LogP contribution is -2.12. The maximum absolute atomic E-state index is 13.8. The average molecular weight is 735 g/mol. The summed E-state index contributed by atoms with van der Waals surface area (Å²) in [6.07, 6.45) is -2.82. The smallest absolute Gasteiger partial charge is 0.435 e. The molecule has 0 atom stereocenters. The van der Waals surface area contributed by atoms with Gasteiger partial charge in [-0.05, 0) is 73.5 Å². The van der Waals surface area contributed by atoms with Crippen LogP contribution in [0.5, 0.6) is 11.5 Å². The summed E-state index contributed by atoms with van der Waals surface area (Å²) in [6, 6.07) is 18.7. The highest BCUT2D eigenvalue weighted by Crippen LogP contribution is 2.37. The van der Waals surface area contributed by atoms with Gasteiger partial charge < -0.3 is 4.74 Å². The van der Waals surface area contributed by atoms with E-state index in [4.69, 9.17) is 9.88 Å². The van der Waals surface area contributed by atoms with E-state index in [1.165, 1.54) is 36.4 Å². The second-order valence-corrected chi connectivity index (χ2v) is 14.5. The molecule has 0 unspecified atom stereocenters. The van der Waals surface area contributed by atoms with Gasteiger partial charge in [-0.3, -0.25) is 9.52 Å². The van der Waals surface area contributed by atoms with Gasteiger partial charge in [-0.1, -0.05) is 29.8 Å². The largest absolute Gasteiger partial charge is 0.452 e. The van der Waals surface area contributed by atoms with E-state index in [0.717, 1.165) is 34.7 Å². The van der Waals surface area contributed by atoms with E-state index in [2.05, 4.69) is 9.82 Å². The number of alkyl halides is 3. The molecule has 0 saturated carbocycles. The van der Waals surface area contributed by atoms with E-state index < -0.39 is 43.6 Å². The molecule has 50 heavy (non-hydrogen) atoms. The lowest BCUT2D eigenvalue weighted by atomic mass is 10.1. The van der Waals surface area contributed by atoms with Crippen molar-refractivity contribution >= 4 is 31.5 Å². The van der Waals surface area contributed by atoms with E-state index in [1.807, 2.05) is 6.92 Å². The number of fused-ring (bicyclic) bond motifs is 1. The van der Waals surface area contributed by atoms with Crippen LogP contribution in [0.1, 0.15) is 33.6 Å². The molecule has 6 rings (SSSR count). The van der Waals surface area contributed by atoms with Gasteiger partial charge in [0.1, 0.15) is 5.82 Å². The highest BCUT2D eigenvalue weighted by molar-refractivity contribution is 7.92. The van der Waals surface area contributed by atoms with Crippen LogP contribution in [0.25, 0.3) is 16.9 Å². The number of aryl methyl sites for hydroxylation is 2. The molecule has 5 aromatic rings. The van der Waals surface area contributed by atoms with Crippen molar-refractivity contribution in [2.45, 2.75) is 30.8 Å². The van der Waals surface area contributed by atoms with Gasteiger partial charge in [-0.25, -0.2) is 35.4 Å². The van der Waals surface area contributed by atoms with Gasteiger partial charge in [-0.15, -0.1) is 0 Å². The van der Waals surface area contributed by atoms with Crippen molar-refractivity contribution in [3.05, 3.63) is 119 Å². The van der Waals surface area contributed by atoms with Gasteiger partial charge in [0, 0.05) is 23.6 Å². The molecule has 10 nitrogen and oxygen atoms in total. The molecule has 262 valence electrons. The molecular weight excluding hydrogens is 708 g/mol. The number of carbonyl (C=O) groups excluding carboxylic acids is 1. The molecule has 0 aliphatic heterocycles. The third-order valence-electron chi connectivity index (χ3n) is 7.29. The van der Waals surface area contributed by atoms with Crippen LogP contribution in [0.15, 0.2) is 89.8 Å². The molecule has 0 bridgehead atoms. The number of hydrogen-bond acceptors (Lipinski definition) is 7. The Morgan fingerprint density at radius 2 is 1.52 bits per heavy atom. The lowest BCUT2D eigenvalue weighted by molar-refractivity contribution is -0.141. The third-order valence-corrected chi connectivity index (χ3v) is 8.81. The summed E-state index contributed by atoms with van der Waals surface area (Å²) < 4.78 is 121. The summed E-state index contributed by atoms with van der Waals surface area (Å²) in [5, 5.41) is 8.70. The second kappa shape index (κ2) is 13.6. The zero-order chi connectivity index (χ0) is 36.6. The first kappa shape index (κ1) is 36.2. The Balaban J connectivity index is 0.000000195. The van der Waals surface area contributed by atoms with Gasteiger partial charge in [0.2, 0.25) is 20.0 Å². The number of nitrogens with zero attached hydrogens (tertiary/aromatic N) is 2. The number of rotatable bonds is 7. The molecule has 17 heteroatoms. The summed E-state index contributed by atoms with van der Waals surface area (Å²) in [4.78, 5) is 11.7. The number of aromatic nitrogens is 2. The Labute approximate surface area is 283 Å². The molecule has 0 radical (unpaired) electrons. The number of sulfonamides is 2. The highest BCUT2D eigenvalue weighted by atomic mass is 32.2. The van der Waals surface area contributed by atoms with E-state index in [1.54, 1.807) is 24.3 Å². The maximum atomic E-state index is 13.8. The van der Waals surface area contributed by atoms with Gasteiger partial charge in [0.25, 0.3) is 0 Å². The summed E-state index contributed by atoms with van der Waals surface area (Å²) in [5.41, 5.74) is 2.19. The van der Waals surface area contributed by atoms with Crippen LogP contribution in [0.4, 0.5) is 27.6 Å². The number of nitrogens with one attached hydrogen (secondary N) is 1. The van der Waals surface area contributed by atoms with Gasteiger partial charge in [0.05, 0.1) is 28.2 Å². The zero-order valence-corrected chi connectivity index (χ0v) is 27.8. The Kier molecular flexibility index (Phi) is 9.87. The van der Waals surface area contributed by atoms with Crippen LogP contribution >= 0.6 is 0 Å². The van der Waals surface area contributed by atoms with Crippen molar-refractivity contribution < 1.29 is 48.3 Å². The number of hydrogen-bond donors (Lipinski definition) is 2. The highest BCUT2D eigenvalue weighted by Gasteiger charge is 2.35. The number of nitrogens with two attached hydrogens (primary N) is 1. The summed E-state index contributed by atoms with van der Waals surface area (Å²) in [6.45, 7) is 1.87. The quantitative estimate of drug-likeness (QED) is 0.175. The predicted molar refractivity (Wildman–Crippen MR) is 174 cm³/mol. The molecule has 1 aliphatic rings. The van der Waals surface area contributed by atoms with Crippen LogP contribution in [0, 0.1) is 18.6 Å². The lowest BCUT2D eigenvalue weighted by Gasteiger charge is -2.14. The Morgan fingerprint density at radius 3 is 2.10 bits per heavy atom. The fourth-order valence-electron chi connectivity index (χ4n) is 4.94. The second-order valence-electron chi connectivity index (χ2n) is 11.2. The number of halogens is 5. The fraction of sp³-hybridized carbons (Fsp3) is 0.152. The van der Waals surface area contributed by atoms with E-state index in [9.17, 15) is 43.6 Å². The number of ketones is 1. The average Bonchev–Trinajstić information content (AvgIpc) is 3.63. The molecule has 4 aromatic carbocycles. The van der Waals surface area contributed by atoms with Crippen molar-refractivity contribution in [3.8, 4) is 28.4 Å². The summed E-state index contributed by atoms with van der Waals surface area (Å²) in [7, 11) is -7.50. The van der Waals surface area contributed by atoms with Crippen LogP contribution < -0.4 is 14.6 Å². The number of benzene rings is 4. The Morgan fingerprint density at radius 1 is 0.860 bits per heavy atom. The Bertz CT molecular complexity index is 2310. The summed E-state index contributed by atoms with van der Waals surface area (Å²) in [5.74, 6) is -2.11. The summed E-state index contributed by atoms with van der Waals surface area (Å²) >= 11 is 0.